The number of piperidine rings is 4. The molecule has 0 radical (unpaired) electrons. The van der Waals surface area contributed by atoms with Crippen LogP contribution in [0.1, 0.15) is 83.8 Å². The molecule has 4 aliphatic rings. The minimum Gasteiger partial charge on any atom is -0.404 e. The minimum absolute atomic E-state index is 0.00202. The number of nitrogens with zero attached hydrogens (tertiary/aromatic N) is 5. The molecule has 2 aromatic carbocycles. The molecule has 4 saturated heterocycles. The fourth-order valence-electron chi connectivity index (χ4n) is 8.90. The number of halogens is 3. The van der Waals surface area contributed by atoms with Crippen LogP contribution in [0.15, 0.2) is 53.5 Å². The summed E-state index contributed by atoms with van der Waals surface area (Å²) in [6, 6.07) is 12.6. The summed E-state index contributed by atoms with van der Waals surface area (Å²) in [5, 5.41) is 9.97. The number of carbonyl (C=O) groups is 3. The molecular formula is C40H48F3N7O5. The molecule has 7 rings (SSSR count). The Morgan fingerprint density at radius 2 is 1.62 bits per heavy atom. The number of anilines is 2. The van der Waals surface area contributed by atoms with E-state index in [2.05, 4.69) is 44.5 Å². The fraction of sp³-hybridized carbons (Fsp3) is 0.525. The first-order valence-corrected chi connectivity index (χ1v) is 19.0. The van der Waals surface area contributed by atoms with Gasteiger partial charge in [-0.3, -0.25) is 24.5 Å². The average molecular weight is 764 g/mol. The first-order chi connectivity index (χ1) is 26.2. The Bertz CT molecular complexity index is 1980. The maximum atomic E-state index is 13.6. The molecule has 3 aromatic rings. The van der Waals surface area contributed by atoms with Crippen LogP contribution in [0, 0.1) is 12.3 Å². The maximum Gasteiger partial charge on any atom is 0.573 e. The lowest BCUT2D eigenvalue weighted by molar-refractivity contribution is -0.274. The monoisotopic (exact) mass is 763 g/mol. The van der Waals surface area contributed by atoms with Gasteiger partial charge in [0, 0.05) is 69.9 Å². The van der Waals surface area contributed by atoms with Crippen molar-refractivity contribution >= 4 is 29.1 Å². The van der Waals surface area contributed by atoms with Gasteiger partial charge in [-0.25, -0.2) is 4.68 Å². The average Bonchev–Trinajstić information content (AvgIpc) is 3.15. The molecule has 294 valence electrons. The summed E-state index contributed by atoms with van der Waals surface area (Å²) in [4.78, 5) is 56.2. The van der Waals surface area contributed by atoms with Crippen molar-refractivity contribution in [1.29, 1.82) is 0 Å². The van der Waals surface area contributed by atoms with Gasteiger partial charge in [0.05, 0.1) is 23.5 Å². The zero-order chi connectivity index (χ0) is 39.1. The van der Waals surface area contributed by atoms with Crippen LogP contribution in [0.25, 0.3) is 0 Å². The van der Waals surface area contributed by atoms with E-state index in [9.17, 15) is 32.3 Å². The van der Waals surface area contributed by atoms with Crippen LogP contribution in [-0.4, -0.2) is 96.0 Å². The molecule has 4 aliphatic heterocycles. The number of nitrogens with one attached hydrogen (secondary N) is 2. The number of hydrogen-bond donors (Lipinski definition) is 2. The van der Waals surface area contributed by atoms with Gasteiger partial charge in [-0.2, -0.15) is 5.10 Å². The number of ether oxygens (including phenoxy) is 1. The Labute approximate surface area is 318 Å². The molecule has 0 saturated carbocycles. The third-order valence-electron chi connectivity index (χ3n) is 12.1. The second-order valence-corrected chi connectivity index (χ2v) is 15.8. The zero-order valence-electron chi connectivity index (χ0n) is 31.5. The molecular weight excluding hydrogens is 715 g/mol. The SMILES string of the molecule is Cc1c(N[C@H]2C[C@@H](c3ccc(C(=O)N4CCC5(CC4)CCN(c4ccc(C6CCC(=O)NC6=O)cc4OC(F)(F)F)CC5)cc3)CN(C)C2)cnn(C)c1=O. The number of carbonyl (C=O) groups excluding carboxylic acids is 3. The quantitative estimate of drug-likeness (QED) is 0.322. The number of benzene rings is 2. The van der Waals surface area contributed by atoms with Crippen molar-refractivity contribution in [2.75, 3.05) is 56.5 Å². The van der Waals surface area contributed by atoms with Gasteiger partial charge in [0.25, 0.3) is 11.5 Å². The van der Waals surface area contributed by atoms with Crippen LogP contribution in [0.4, 0.5) is 24.5 Å². The van der Waals surface area contributed by atoms with Gasteiger partial charge in [0.1, 0.15) is 0 Å². The number of imide groups is 1. The number of likely N-dealkylation sites (tertiary alicyclic amines) is 2. The summed E-state index contributed by atoms with van der Waals surface area (Å²) < 4.78 is 46.4. The lowest BCUT2D eigenvalue weighted by Crippen LogP contribution is -2.48. The predicted molar refractivity (Wildman–Crippen MR) is 200 cm³/mol. The Balaban J connectivity index is 0.942. The molecule has 0 aliphatic carbocycles. The van der Waals surface area contributed by atoms with Gasteiger partial charge >= 0.3 is 6.36 Å². The molecule has 1 unspecified atom stereocenters. The molecule has 0 bridgehead atoms. The summed E-state index contributed by atoms with van der Waals surface area (Å²) in [6.45, 7) is 5.83. The topological polar surface area (TPSA) is 129 Å². The zero-order valence-corrected chi connectivity index (χ0v) is 31.5. The van der Waals surface area contributed by atoms with Crippen molar-refractivity contribution in [3.05, 3.63) is 81.3 Å². The van der Waals surface area contributed by atoms with E-state index in [4.69, 9.17) is 0 Å². The molecule has 3 amide bonds. The van der Waals surface area contributed by atoms with Crippen molar-refractivity contribution in [3.63, 3.8) is 0 Å². The van der Waals surface area contributed by atoms with Gasteiger partial charge in [-0.1, -0.05) is 18.2 Å². The third-order valence-corrected chi connectivity index (χ3v) is 12.1. The number of alkyl halides is 3. The van der Waals surface area contributed by atoms with Crippen molar-refractivity contribution in [2.24, 2.45) is 12.5 Å². The molecule has 1 spiro atoms. The molecule has 5 heterocycles. The van der Waals surface area contributed by atoms with Gasteiger partial charge in [-0.05, 0) is 99.2 Å². The first kappa shape index (κ1) is 38.4. The highest BCUT2D eigenvalue weighted by Crippen LogP contribution is 2.45. The maximum absolute atomic E-state index is 13.6. The summed E-state index contributed by atoms with van der Waals surface area (Å²) in [5.41, 5.74) is 3.77. The largest absolute Gasteiger partial charge is 0.573 e. The van der Waals surface area contributed by atoms with Gasteiger partial charge < -0.3 is 24.8 Å². The van der Waals surface area contributed by atoms with Crippen LogP contribution < -0.4 is 25.8 Å². The fourth-order valence-corrected chi connectivity index (χ4v) is 8.90. The molecule has 3 atom stereocenters. The van der Waals surface area contributed by atoms with Crippen LogP contribution in [0.5, 0.6) is 5.75 Å². The van der Waals surface area contributed by atoms with Crippen molar-refractivity contribution in [1.82, 2.24) is 24.9 Å². The number of aromatic nitrogens is 2. The van der Waals surface area contributed by atoms with Gasteiger partial charge in [-0.15, -0.1) is 13.2 Å². The molecule has 4 fully saturated rings. The van der Waals surface area contributed by atoms with E-state index in [1.54, 1.807) is 25.4 Å². The number of hydrogen-bond acceptors (Lipinski definition) is 9. The predicted octanol–water partition coefficient (Wildman–Crippen LogP) is 4.93. The standard InChI is InChI=1S/C40H48F3N7O5/c1-25-32(22-44-48(3)37(25)53)45-30-20-29(23-47(2)24-30)26-4-6-27(7-5-26)38(54)50-18-14-39(15-19-50)12-16-49(17-13-39)33-10-8-28(21-34(33)55-40(41,42)43)31-9-11-35(51)46-36(31)52/h4-8,10,21-22,29-31,45H,9,11-20,23-24H2,1-3H3,(H,46,51,52)/t29-,30+,31?/m1/s1. The van der Waals surface area contributed by atoms with Crippen molar-refractivity contribution in [3.8, 4) is 5.75 Å². The van der Waals surface area contributed by atoms with Crippen molar-refractivity contribution in [2.45, 2.75) is 76.1 Å². The highest BCUT2D eigenvalue weighted by molar-refractivity contribution is 6.01. The van der Waals surface area contributed by atoms with Crippen LogP contribution in [0.3, 0.4) is 0 Å². The van der Waals surface area contributed by atoms with Gasteiger partial charge in [0.15, 0.2) is 5.75 Å². The molecule has 2 N–H and O–H groups in total. The second kappa shape index (κ2) is 15.3. The van der Waals surface area contributed by atoms with Gasteiger partial charge in [0.2, 0.25) is 11.8 Å². The Kier molecular flexibility index (Phi) is 10.7. The van der Waals surface area contributed by atoms with E-state index in [1.807, 2.05) is 28.9 Å². The summed E-state index contributed by atoms with van der Waals surface area (Å²) in [5.74, 6) is -1.74. The lowest BCUT2D eigenvalue weighted by atomic mass is 9.71. The summed E-state index contributed by atoms with van der Waals surface area (Å²) >= 11 is 0. The molecule has 12 nitrogen and oxygen atoms in total. The number of aryl methyl sites for hydroxylation is 1. The highest BCUT2D eigenvalue weighted by Gasteiger charge is 2.41. The molecule has 15 heteroatoms. The number of likely N-dealkylation sites (N-methyl/N-ethyl adjacent to an activating group) is 1. The first-order valence-electron chi connectivity index (χ1n) is 19.0. The van der Waals surface area contributed by atoms with E-state index in [0.29, 0.717) is 48.6 Å². The second-order valence-electron chi connectivity index (χ2n) is 15.8. The molecule has 1 aromatic heterocycles. The Hall–Kier alpha value is -4.92. The Morgan fingerprint density at radius 3 is 2.29 bits per heavy atom. The van der Waals surface area contributed by atoms with E-state index >= 15 is 0 Å². The van der Waals surface area contributed by atoms with E-state index < -0.39 is 24.1 Å². The lowest BCUT2D eigenvalue weighted by Gasteiger charge is -2.47. The minimum atomic E-state index is -4.91. The molecule has 55 heavy (non-hydrogen) atoms. The highest BCUT2D eigenvalue weighted by atomic mass is 19.4. The summed E-state index contributed by atoms with van der Waals surface area (Å²) in [7, 11) is 3.73. The van der Waals surface area contributed by atoms with E-state index in [0.717, 1.165) is 56.4 Å². The number of rotatable bonds is 7. The summed E-state index contributed by atoms with van der Waals surface area (Å²) in [6.07, 6.45) is 1.18. The smallest absolute Gasteiger partial charge is 0.404 e. The van der Waals surface area contributed by atoms with Crippen molar-refractivity contribution < 1.29 is 32.3 Å². The van der Waals surface area contributed by atoms with E-state index in [1.165, 1.54) is 10.7 Å². The van der Waals surface area contributed by atoms with Crippen LogP contribution >= 0.6 is 0 Å². The normalized spacial score (nSPS) is 23.4. The van der Waals surface area contributed by atoms with E-state index in [-0.39, 0.29) is 47.4 Å². The number of amides is 3. The van der Waals surface area contributed by atoms with Crippen LogP contribution in [0.2, 0.25) is 0 Å². The third kappa shape index (κ3) is 8.51. The van der Waals surface area contributed by atoms with Crippen LogP contribution in [-0.2, 0) is 16.6 Å². The Morgan fingerprint density at radius 1 is 0.945 bits per heavy atom.